The van der Waals surface area contributed by atoms with Gasteiger partial charge in [0.1, 0.15) is 0 Å². The van der Waals surface area contributed by atoms with Crippen LogP contribution >= 0.6 is 0 Å². The first kappa shape index (κ1) is 10.0. The highest BCUT2D eigenvalue weighted by Crippen LogP contribution is 2.39. The van der Waals surface area contributed by atoms with Crippen molar-refractivity contribution in [3.63, 3.8) is 0 Å². The molecule has 0 saturated heterocycles. The summed E-state index contributed by atoms with van der Waals surface area (Å²) in [5.41, 5.74) is 0.513. The van der Waals surface area contributed by atoms with E-state index in [2.05, 4.69) is 39.8 Å². The number of rotatable bonds is 2. The Morgan fingerprint density at radius 2 is 1.75 bits per heavy atom. The Kier molecular flexibility index (Phi) is 2.82. The molecule has 0 N–H and O–H groups in total. The highest BCUT2D eigenvalue weighted by Gasteiger charge is 2.34. The van der Waals surface area contributed by atoms with Crippen LogP contribution < -0.4 is 0 Å². The summed E-state index contributed by atoms with van der Waals surface area (Å²) < 4.78 is 0. The van der Waals surface area contributed by atoms with Crippen molar-refractivity contribution in [3.05, 3.63) is 0 Å². The van der Waals surface area contributed by atoms with Gasteiger partial charge in [-0.1, -0.05) is 20.8 Å². The van der Waals surface area contributed by atoms with Crippen molar-refractivity contribution in [2.75, 3.05) is 14.1 Å². The molecule has 1 saturated carbocycles. The van der Waals surface area contributed by atoms with E-state index in [9.17, 15) is 0 Å². The Hall–Kier alpha value is -0.0400. The molecule has 0 unspecified atom stereocenters. The van der Waals surface area contributed by atoms with Crippen LogP contribution in [0.4, 0.5) is 0 Å². The van der Waals surface area contributed by atoms with E-state index in [1.165, 1.54) is 19.3 Å². The molecule has 1 aliphatic rings. The quantitative estimate of drug-likeness (QED) is 0.614. The number of hydrogen-bond acceptors (Lipinski definition) is 1. The van der Waals surface area contributed by atoms with E-state index in [4.69, 9.17) is 0 Å². The van der Waals surface area contributed by atoms with Crippen LogP contribution in [0.2, 0.25) is 0 Å². The van der Waals surface area contributed by atoms with E-state index in [1.54, 1.807) is 0 Å². The predicted octanol–water partition coefficient (Wildman–Crippen LogP) is 2.76. The van der Waals surface area contributed by atoms with Gasteiger partial charge in [-0.15, -0.1) is 0 Å². The van der Waals surface area contributed by atoms with Crippen LogP contribution in [-0.2, 0) is 0 Å². The second-order valence-electron chi connectivity index (χ2n) is 5.63. The fraction of sp³-hybridized carbons (Fsp3) is 1.00. The molecule has 1 nitrogen and oxygen atoms in total. The van der Waals surface area contributed by atoms with Gasteiger partial charge in [0.15, 0.2) is 0 Å². The second kappa shape index (κ2) is 3.37. The Balaban J connectivity index is 2.35. The van der Waals surface area contributed by atoms with Crippen molar-refractivity contribution in [2.45, 2.75) is 46.1 Å². The van der Waals surface area contributed by atoms with Crippen molar-refractivity contribution >= 4 is 0 Å². The molecule has 0 aromatic rings. The van der Waals surface area contributed by atoms with Gasteiger partial charge in [-0.05, 0) is 44.7 Å². The minimum absolute atomic E-state index is 0.513. The lowest BCUT2D eigenvalue weighted by atomic mass is 9.70. The molecule has 72 valence electrons. The molecule has 12 heavy (non-hydrogen) atoms. The summed E-state index contributed by atoms with van der Waals surface area (Å²) in [7, 11) is 4.42. The molecular weight excluding hydrogens is 146 g/mol. The van der Waals surface area contributed by atoms with Crippen molar-refractivity contribution in [1.82, 2.24) is 4.90 Å². The molecule has 0 heterocycles. The Bertz CT molecular complexity index is 144. The lowest BCUT2D eigenvalue weighted by Crippen LogP contribution is -2.44. The molecule has 0 spiro atoms. The third-order valence-electron chi connectivity index (χ3n) is 2.92. The Morgan fingerprint density at radius 3 is 2.00 bits per heavy atom. The van der Waals surface area contributed by atoms with E-state index in [-0.39, 0.29) is 0 Å². The van der Waals surface area contributed by atoms with Crippen LogP contribution in [0, 0.1) is 11.3 Å². The smallest absolute Gasteiger partial charge is 0.0118 e. The first-order valence-corrected chi connectivity index (χ1v) is 5.06. The van der Waals surface area contributed by atoms with Crippen molar-refractivity contribution in [3.8, 4) is 0 Å². The van der Waals surface area contributed by atoms with Crippen LogP contribution in [0.15, 0.2) is 0 Å². The van der Waals surface area contributed by atoms with Gasteiger partial charge in [0, 0.05) is 6.04 Å². The standard InChI is InChI=1S/C11H23N/c1-11(2,3)8-9-6-7-10(9)12(4)5/h9-10H,6-8H2,1-5H3/t9-,10+/m0/s1. The zero-order valence-electron chi connectivity index (χ0n) is 9.22. The molecule has 1 aliphatic carbocycles. The summed E-state index contributed by atoms with van der Waals surface area (Å²) in [6.07, 6.45) is 4.24. The predicted molar refractivity (Wildman–Crippen MR) is 54.3 cm³/mol. The molecule has 1 heteroatoms. The van der Waals surface area contributed by atoms with Gasteiger partial charge in [-0.25, -0.2) is 0 Å². The summed E-state index contributed by atoms with van der Waals surface area (Å²) in [6.45, 7) is 7.04. The number of hydrogen-bond donors (Lipinski definition) is 0. The third-order valence-corrected chi connectivity index (χ3v) is 2.92. The largest absolute Gasteiger partial charge is 0.306 e. The van der Waals surface area contributed by atoms with Crippen molar-refractivity contribution in [1.29, 1.82) is 0 Å². The topological polar surface area (TPSA) is 3.24 Å². The van der Waals surface area contributed by atoms with Gasteiger partial charge in [-0.2, -0.15) is 0 Å². The molecule has 0 aliphatic heterocycles. The van der Waals surface area contributed by atoms with Crippen LogP contribution in [0.25, 0.3) is 0 Å². The fourth-order valence-electron chi connectivity index (χ4n) is 2.26. The Labute approximate surface area is 77.1 Å². The van der Waals surface area contributed by atoms with E-state index >= 15 is 0 Å². The fourth-order valence-corrected chi connectivity index (χ4v) is 2.26. The van der Waals surface area contributed by atoms with Gasteiger partial charge in [-0.3, -0.25) is 0 Å². The molecule has 2 atom stereocenters. The van der Waals surface area contributed by atoms with Gasteiger partial charge in [0.2, 0.25) is 0 Å². The van der Waals surface area contributed by atoms with Crippen LogP contribution in [0.3, 0.4) is 0 Å². The van der Waals surface area contributed by atoms with Gasteiger partial charge >= 0.3 is 0 Å². The van der Waals surface area contributed by atoms with E-state index in [1.807, 2.05) is 0 Å². The SMILES string of the molecule is CN(C)[C@@H]1CC[C@H]1CC(C)(C)C. The molecule has 0 aromatic carbocycles. The maximum atomic E-state index is 2.39. The summed E-state index contributed by atoms with van der Waals surface area (Å²) in [6, 6.07) is 0.865. The minimum atomic E-state index is 0.513. The van der Waals surface area contributed by atoms with E-state index in [0.717, 1.165) is 12.0 Å². The molecule has 0 amide bonds. The molecule has 1 fully saturated rings. The number of nitrogens with zero attached hydrogens (tertiary/aromatic N) is 1. The molecule has 1 rings (SSSR count). The van der Waals surface area contributed by atoms with Gasteiger partial charge < -0.3 is 4.90 Å². The zero-order valence-corrected chi connectivity index (χ0v) is 9.22. The van der Waals surface area contributed by atoms with Crippen LogP contribution in [-0.4, -0.2) is 25.0 Å². The summed E-state index contributed by atoms with van der Waals surface area (Å²) in [5.74, 6) is 0.958. The van der Waals surface area contributed by atoms with E-state index < -0.39 is 0 Å². The zero-order chi connectivity index (χ0) is 9.35. The van der Waals surface area contributed by atoms with E-state index in [0.29, 0.717) is 5.41 Å². The van der Waals surface area contributed by atoms with Crippen LogP contribution in [0.5, 0.6) is 0 Å². The van der Waals surface area contributed by atoms with Crippen molar-refractivity contribution in [2.24, 2.45) is 11.3 Å². The summed E-state index contributed by atoms with van der Waals surface area (Å²) >= 11 is 0. The maximum Gasteiger partial charge on any atom is 0.0118 e. The van der Waals surface area contributed by atoms with Crippen LogP contribution in [0.1, 0.15) is 40.0 Å². The first-order valence-electron chi connectivity index (χ1n) is 5.06. The van der Waals surface area contributed by atoms with Gasteiger partial charge in [0.25, 0.3) is 0 Å². The summed E-state index contributed by atoms with van der Waals surface area (Å²) in [5, 5.41) is 0. The lowest BCUT2D eigenvalue weighted by Gasteiger charge is -2.44. The molecule has 0 aromatic heterocycles. The van der Waals surface area contributed by atoms with Crippen molar-refractivity contribution < 1.29 is 0 Å². The maximum absolute atomic E-state index is 2.39. The monoisotopic (exact) mass is 169 g/mol. The average molecular weight is 169 g/mol. The highest BCUT2D eigenvalue weighted by atomic mass is 15.1. The average Bonchev–Trinajstić information content (AvgIpc) is 1.77. The molecule has 0 radical (unpaired) electrons. The lowest BCUT2D eigenvalue weighted by molar-refractivity contribution is 0.0724. The van der Waals surface area contributed by atoms with Gasteiger partial charge in [0.05, 0.1) is 0 Å². The normalized spacial score (nSPS) is 30.5. The second-order valence-corrected chi connectivity index (χ2v) is 5.63. The third kappa shape index (κ3) is 2.48. The highest BCUT2D eigenvalue weighted by molar-refractivity contribution is 4.88. The first-order chi connectivity index (χ1) is 5.40. The minimum Gasteiger partial charge on any atom is -0.306 e. The Morgan fingerprint density at radius 1 is 1.17 bits per heavy atom. The molecule has 0 bridgehead atoms. The summed E-state index contributed by atoms with van der Waals surface area (Å²) in [4.78, 5) is 2.39. The molecular formula is C11H23N.